The number of hydrogen-bond donors (Lipinski definition) is 3. The van der Waals surface area contributed by atoms with Gasteiger partial charge in [-0.3, -0.25) is 4.79 Å². The van der Waals surface area contributed by atoms with Gasteiger partial charge in [0.15, 0.2) is 11.5 Å². The average Bonchev–Trinajstić information content (AvgIpc) is 3.09. The Labute approximate surface area is 216 Å². The molecule has 1 amide bonds. The van der Waals surface area contributed by atoms with Crippen LogP contribution in [0.4, 0.5) is 0 Å². The number of rotatable bonds is 10. The van der Waals surface area contributed by atoms with E-state index in [-0.39, 0.29) is 11.9 Å². The number of aryl methyl sites for hydroxylation is 1. The van der Waals surface area contributed by atoms with Crippen LogP contribution < -0.4 is 24.8 Å². The number of nitrogens with one attached hydrogen (secondary N) is 2. The van der Waals surface area contributed by atoms with Crippen molar-refractivity contribution in [1.29, 1.82) is 0 Å². The molecule has 2 aliphatic rings. The van der Waals surface area contributed by atoms with Crippen molar-refractivity contribution in [2.45, 2.75) is 38.3 Å². The van der Waals surface area contributed by atoms with E-state index >= 15 is 0 Å². The molecule has 36 heavy (non-hydrogen) atoms. The highest BCUT2D eigenvalue weighted by Crippen LogP contribution is 2.49. The molecule has 0 saturated carbocycles. The first-order valence-corrected chi connectivity index (χ1v) is 13.1. The Morgan fingerprint density at radius 3 is 2.50 bits per heavy atom. The zero-order valence-electron chi connectivity index (χ0n) is 21.4. The normalized spacial score (nSPS) is 17.6. The highest BCUT2D eigenvalue weighted by molar-refractivity contribution is 7.98. The minimum absolute atomic E-state index is 0.141. The maximum atomic E-state index is 12.1. The lowest BCUT2D eigenvalue weighted by Crippen LogP contribution is -2.37. The largest absolute Gasteiger partial charge is 0.493 e. The van der Waals surface area contributed by atoms with Gasteiger partial charge in [0.1, 0.15) is 6.04 Å². The van der Waals surface area contributed by atoms with Crippen molar-refractivity contribution in [3.8, 4) is 17.2 Å². The van der Waals surface area contributed by atoms with Crippen LogP contribution in [0.1, 0.15) is 30.9 Å². The summed E-state index contributed by atoms with van der Waals surface area (Å²) in [5.41, 5.74) is 4.78. The first kappa shape index (κ1) is 27.3. The summed E-state index contributed by atoms with van der Waals surface area (Å²) in [6.07, 6.45) is 9.41. The van der Waals surface area contributed by atoms with E-state index in [2.05, 4.69) is 17.2 Å². The number of carboxylic acids is 1. The first-order chi connectivity index (χ1) is 17.2. The van der Waals surface area contributed by atoms with Gasteiger partial charge in [0, 0.05) is 18.2 Å². The predicted octanol–water partition coefficient (Wildman–Crippen LogP) is 3.72. The van der Waals surface area contributed by atoms with Gasteiger partial charge in [0.2, 0.25) is 11.7 Å². The Bertz CT molecular complexity index is 1140. The van der Waals surface area contributed by atoms with Gasteiger partial charge in [-0.25, -0.2) is 4.79 Å². The SMILES string of the molecule is C=C1C=C2C(=CC=C1NC(CCSC)C(=O)O)c1c(cc(OC)c(OC)c1OC)CCC2NC(C)=O. The lowest BCUT2D eigenvalue weighted by atomic mass is 9.91. The van der Waals surface area contributed by atoms with E-state index in [0.29, 0.717) is 53.5 Å². The van der Waals surface area contributed by atoms with Crippen LogP contribution in [0, 0.1) is 0 Å². The molecule has 2 unspecified atom stereocenters. The number of ether oxygens (including phenoxy) is 3. The minimum atomic E-state index is -0.920. The monoisotopic (exact) mass is 514 g/mol. The highest BCUT2D eigenvalue weighted by Gasteiger charge is 2.32. The summed E-state index contributed by atoms with van der Waals surface area (Å²) in [7, 11) is 4.73. The third-order valence-corrected chi connectivity index (χ3v) is 6.92. The number of carbonyl (C=O) groups is 2. The van der Waals surface area contributed by atoms with Crippen LogP contribution in [0.5, 0.6) is 17.2 Å². The van der Waals surface area contributed by atoms with Crippen molar-refractivity contribution in [3.05, 3.63) is 58.8 Å². The molecular formula is C27H34N2O6S. The van der Waals surface area contributed by atoms with E-state index in [9.17, 15) is 14.7 Å². The first-order valence-electron chi connectivity index (χ1n) is 11.7. The van der Waals surface area contributed by atoms with Crippen molar-refractivity contribution in [2.24, 2.45) is 0 Å². The van der Waals surface area contributed by atoms with E-state index in [0.717, 1.165) is 22.3 Å². The van der Waals surface area contributed by atoms with Crippen LogP contribution in [-0.2, 0) is 16.0 Å². The highest BCUT2D eigenvalue weighted by atomic mass is 32.2. The van der Waals surface area contributed by atoms with E-state index in [1.807, 2.05) is 30.6 Å². The van der Waals surface area contributed by atoms with E-state index < -0.39 is 12.0 Å². The number of carbonyl (C=O) groups excluding carboxylic acids is 1. The molecule has 0 spiro atoms. The second-order valence-corrected chi connectivity index (χ2v) is 9.56. The molecule has 2 aliphatic carbocycles. The molecule has 2 atom stereocenters. The molecule has 0 heterocycles. The Kier molecular flexibility index (Phi) is 9.14. The molecular weight excluding hydrogens is 480 g/mol. The van der Waals surface area contributed by atoms with Gasteiger partial charge < -0.3 is 30.0 Å². The van der Waals surface area contributed by atoms with E-state index in [4.69, 9.17) is 14.2 Å². The fourth-order valence-corrected chi connectivity index (χ4v) is 5.07. The summed E-state index contributed by atoms with van der Waals surface area (Å²) in [5.74, 6) is 1.22. The number of benzene rings is 1. The zero-order chi connectivity index (χ0) is 26.4. The van der Waals surface area contributed by atoms with Gasteiger partial charge in [0.25, 0.3) is 0 Å². The summed E-state index contributed by atoms with van der Waals surface area (Å²) in [6, 6.07) is 0.910. The molecule has 0 aliphatic heterocycles. The zero-order valence-corrected chi connectivity index (χ0v) is 22.2. The van der Waals surface area contributed by atoms with Crippen molar-refractivity contribution < 1.29 is 28.9 Å². The fourth-order valence-electron chi connectivity index (χ4n) is 4.60. The van der Waals surface area contributed by atoms with Crippen molar-refractivity contribution in [1.82, 2.24) is 10.6 Å². The van der Waals surface area contributed by atoms with Crippen LogP contribution in [0.2, 0.25) is 0 Å². The minimum Gasteiger partial charge on any atom is -0.493 e. The number of hydrogen-bond acceptors (Lipinski definition) is 7. The molecule has 0 aromatic heterocycles. The van der Waals surface area contributed by atoms with Crippen molar-refractivity contribution >= 4 is 29.2 Å². The molecule has 3 rings (SSSR count). The van der Waals surface area contributed by atoms with E-state index in [1.54, 1.807) is 33.1 Å². The van der Waals surface area contributed by atoms with Crippen molar-refractivity contribution in [3.63, 3.8) is 0 Å². The quantitative estimate of drug-likeness (QED) is 0.434. The molecule has 1 aromatic carbocycles. The maximum Gasteiger partial charge on any atom is 0.326 e. The van der Waals surface area contributed by atoms with E-state index in [1.165, 1.54) is 6.92 Å². The number of amides is 1. The Balaban J connectivity index is 2.21. The molecule has 0 saturated heterocycles. The topological polar surface area (TPSA) is 106 Å². The molecule has 194 valence electrons. The van der Waals surface area contributed by atoms with Gasteiger partial charge >= 0.3 is 5.97 Å². The average molecular weight is 515 g/mol. The van der Waals surface area contributed by atoms with Crippen LogP contribution in [0.25, 0.3) is 5.57 Å². The van der Waals surface area contributed by atoms with Gasteiger partial charge in [-0.05, 0) is 71.8 Å². The summed E-state index contributed by atoms with van der Waals surface area (Å²) in [4.78, 5) is 24.0. The molecule has 0 bridgehead atoms. The molecule has 1 aromatic rings. The molecule has 8 nitrogen and oxygen atoms in total. The number of carboxylic acid groups (broad SMARTS) is 1. The van der Waals surface area contributed by atoms with Crippen LogP contribution >= 0.6 is 11.8 Å². The number of thioether (sulfide) groups is 1. The third-order valence-electron chi connectivity index (χ3n) is 6.28. The standard InChI is InChI=1S/C27H34N2O6S/c1-15-13-19-18(8-10-20(15)29-22(27(31)32)11-12-36-6)24-17(7-9-21(19)28-16(2)30)14-23(33-3)25(34-4)26(24)35-5/h8,10,13-14,21-22,29H,1,7,9,11-12H2,2-6H3,(H,28,30)(H,31,32). The van der Waals surface area contributed by atoms with Gasteiger partial charge in [-0.1, -0.05) is 12.7 Å². The van der Waals surface area contributed by atoms with Gasteiger partial charge in [-0.15, -0.1) is 0 Å². The maximum absolute atomic E-state index is 12.1. The van der Waals surface area contributed by atoms with Crippen LogP contribution in [0.15, 0.2) is 47.7 Å². The Morgan fingerprint density at radius 2 is 1.92 bits per heavy atom. The second kappa shape index (κ2) is 12.1. The number of fused-ring (bicyclic) bond motifs is 3. The molecule has 9 heteroatoms. The van der Waals surface area contributed by atoms with Gasteiger partial charge in [-0.2, -0.15) is 11.8 Å². The lowest BCUT2D eigenvalue weighted by molar-refractivity contribution is -0.139. The predicted molar refractivity (Wildman–Crippen MR) is 143 cm³/mol. The second-order valence-electron chi connectivity index (χ2n) is 8.57. The summed E-state index contributed by atoms with van der Waals surface area (Å²) >= 11 is 1.60. The fraction of sp³-hybridized carbons (Fsp3) is 0.407. The van der Waals surface area contributed by atoms with Crippen LogP contribution in [0.3, 0.4) is 0 Å². The smallest absolute Gasteiger partial charge is 0.326 e. The third kappa shape index (κ3) is 5.73. The van der Waals surface area contributed by atoms with Gasteiger partial charge in [0.05, 0.1) is 27.4 Å². The number of allylic oxidation sites excluding steroid dienone is 3. The molecule has 3 N–H and O–H groups in total. The summed E-state index contributed by atoms with van der Waals surface area (Å²) < 4.78 is 17.0. The molecule has 0 radical (unpaired) electrons. The molecule has 0 fully saturated rings. The number of methoxy groups -OCH3 is 3. The Morgan fingerprint density at radius 1 is 1.19 bits per heavy atom. The summed E-state index contributed by atoms with van der Waals surface area (Å²) in [5, 5.41) is 15.9. The number of aliphatic carboxylic acids is 1. The summed E-state index contributed by atoms with van der Waals surface area (Å²) in [6.45, 7) is 5.71. The van der Waals surface area contributed by atoms with Crippen LogP contribution in [-0.4, -0.2) is 62.4 Å². The lowest BCUT2D eigenvalue weighted by Gasteiger charge is -2.23. The Hall–Kier alpha value is -3.33. The van der Waals surface area contributed by atoms with Crippen molar-refractivity contribution in [2.75, 3.05) is 33.3 Å².